The van der Waals surface area contributed by atoms with Crippen molar-refractivity contribution in [3.05, 3.63) is 52.4 Å². The molecule has 0 fully saturated rings. The van der Waals surface area contributed by atoms with Crippen molar-refractivity contribution >= 4 is 23.9 Å². The van der Waals surface area contributed by atoms with Crippen molar-refractivity contribution < 1.29 is 0 Å². The zero-order valence-electron chi connectivity index (χ0n) is 10.3. The SMILES string of the molecule is N#CC1=C(N)Nn2c(/C=C/c3ccccc3)nnc2S1. The average Bonchev–Trinajstić information content (AvgIpc) is 2.87. The predicted molar refractivity (Wildman–Crippen MR) is 77.4 cm³/mol. The van der Waals surface area contributed by atoms with E-state index in [-0.39, 0.29) is 0 Å². The van der Waals surface area contributed by atoms with Crippen molar-refractivity contribution in [2.45, 2.75) is 5.16 Å². The molecule has 20 heavy (non-hydrogen) atoms. The number of nitrogens with one attached hydrogen (secondary N) is 1. The highest BCUT2D eigenvalue weighted by atomic mass is 32.2. The topological polar surface area (TPSA) is 92.6 Å². The van der Waals surface area contributed by atoms with Gasteiger partial charge in [0, 0.05) is 0 Å². The van der Waals surface area contributed by atoms with E-state index in [0.29, 0.717) is 21.7 Å². The maximum Gasteiger partial charge on any atom is 0.216 e. The first-order valence-corrected chi connectivity index (χ1v) is 6.63. The Morgan fingerprint density at radius 3 is 2.80 bits per heavy atom. The second-order valence-corrected chi connectivity index (χ2v) is 4.97. The second kappa shape index (κ2) is 5.11. The lowest BCUT2D eigenvalue weighted by Crippen LogP contribution is -2.26. The first-order valence-electron chi connectivity index (χ1n) is 5.81. The highest BCUT2D eigenvalue weighted by molar-refractivity contribution is 8.03. The number of aromatic nitrogens is 3. The summed E-state index contributed by atoms with van der Waals surface area (Å²) >= 11 is 1.19. The van der Waals surface area contributed by atoms with E-state index in [0.717, 1.165) is 5.56 Å². The molecule has 0 bridgehead atoms. The van der Waals surface area contributed by atoms with Gasteiger partial charge >= 0.3 is 0 Å². The summed E-state index contributed by atoms with van der Waals surface area (Å²) in [6, 6.07) is 11.9. The Balaban J connectivity index is 1.88. The van der Waals surface area contributed by atoms with Gasteiger partial charge in [0.15, 0.2) is 5.82 Å². The van der Waals surface area contributed by atoms with Crippen LogP contribution >= 0.6 is 11.8 Å². The van der Waals surface area contributed by atoms with Crippen molar-refractivity contribution in [1.29, 1.82) is 5.26 Å². The van der Waals surface area contributed by atoms with E-state index in [2.05, 4.69) is 15.6 Å². The number of thioether (sulfide) groups is 1. The molecule has 0 saturated heterocycles. The van der Waals surface area contributed by atoms with E-state index >= 15 is 0 Å². The fourth-order valence-corrected chi connectivity index (χ4v) is 2.39. The van der Waals surface area contributed by atoms with Gasteiger partial charge in [0.1, 0.15) is 16.8 Å². The summed E-state index contributed by atoms with van der Waals surface area (Å²) in [6.07, 6.45) is 3.77. The van der Waals surface area contributed by atoms with Crippen LogP contribution in [0.4, 0.5) is 0 Å². The molecule has 6 nitrogen and oxygen atoms in total. The highest BCUT2D eigenvalue weighted by Gasteiger charge is 2.20. The van der Waals surface area contributed by atoms with Gasteiger partial charge in [-0.2, -0.15) is 5.26 Å². The average molecular weight is 282 g/mol. The van der Waals surface area contributed by atoms with Gasteiger partial charge in [0.25, 0.3) is 0 Å². The van der Waals surface area contributed by atoms with Crippen LogP contribution in [0.25, 0.3) is 12.2 Å². The maximum atomic E-state index is 8.93. The molecule has 3 N–H and O–H groups in total. The minimum atomic E-state index is 0.305. The lowest BCUT2D eigenvalue weighted by Gasteiger charge is -2.16. The van der Waals surface area contributed by atoms with Crippen LogP contribution in [0.5, 0.6) is 0 Å². The third-order valence-electron chi connectivity index (χ3n) is 2.65. The number of nitrogens with two attached hydrogens (primary N) is 1. The van der Waals surface area contributed by atoms with E-state index in [1.165, 1.54) is 11.8 Å². The Hall–Kier alpha value is -2.72. The van der Waals surface area contributed by atoms with E-state index in [4.69, 9.17) is 11.0 Å². The van der Waals surface area contributed by atoms with Crippen LogP contribution in [0.3, 0.4) is 0 Å². The third-order valence-corrected chi connectivity index (χ3v) is 3.62. The zero-order chi connectivity index (χ0) is 13.9. The number of hydrogen-bond donors (Lipinski definition) is 2. The molecule has 0 radical (unpaired) electrons. The van der Waals surface area contributed by atoms with Gasteiger partial charge in [-0.25, -0.2) is 4.68 Å². The van der Waals surface area contributed by atoms with Crippen molar-refractivity contribution in [2.24, 2.45) is 5.73 Å². The van der Waals surface area contributed by atoms with Gasteiger partial charge in [0.2, 0.25) is 5.16 Å². The quantitative estimate of drug-likeness (QED) is 0.871. The van der Waals surface area contributed by atoms with Gasteiger partial charge in [0.05, 0.1) is 0 Å². The number of nitriles is 1. The van der Waals surface area contributed by atoms with E-state index < -0.39 is 0 Å². The number of benzene rings is 1. The molecule has 0 aliphatic carbocycles. The predicted octanol–water partition coefficient (Wildman–Crippen LogP) is 1.75. The molecule has 0 spiro atoms. The van der Waals surface area contributed by atoms with Crippen molar-refractivity contribution in [2.75, 3.05) is 5.43 Å². The second-order valence-electron chi connectivity index (χ2n) is 3.99. The fourth-order valence-electron chi connectivity index (χ4n) is 1.70. The van der Waals surface area contributed by atoms with Crippen LogP contribution in [0.1, 0.15) is 11.4 Å². The van der Waals surface area contributed by atoms with Gasteiger partial charge in [-0.05, 0) is 23.4 Å². The van der Waals surface area contributed by atoms with Crippen LogP contribution < -0.4 is 11.2 Å². The molecule has 0 amide bonds. The summed E-state index contributed by atoms with van der Waals surface area (Å²) in [5.74, 6) is 0.926. The van der Waals surface area contributed by atoms with E-state index in [1.807, 2.05) is 48.6 Å². The summed E-state index contributed by atoms with van der Waals surface area (Å²) in [5, 5.41) is 17.6. The first-order chi connectivity index (χ1) is 9.78. The monoisotopic (exact) mass is 282 g/mol. The molecule has 2 aromatic rings. The summed E-state index contributed by atoms with van der Waals surface area (Å²) in [4.78, 5) is 0.392. The van der Waals surface area contributed by atoms with Crippen LogP contribution in [-0.2, 0) is 0 Å². The molecule has 1 aliphatic heterocycles. The summed E-state index contributed by atoms with van der Waals surface area (Å²) in [7, 11) is 0. The Labute approximate surface area is 119 Å². The Kier molecular flexibility index (Phi) is 3.15. The van der Waals surface area contributed by atoms with Crippen LogP contribution in [0.2, 0.25) is 0 Å². The molecule has 7 heteroatoms. The minimum Gasteiger partial charge on any atom is -0.383 e. The first kappa shape index (κ1) is 12.3. The lowest BCUT2D eigenvalue weighted by atomic mass is 10.2. The molecule has 3 rings (SSSR count). The summed E-state index contributed by atoms with van der Waals surface area (Å²) in [6.45, 7) is 0. The Morgan fingerprint density at radius 2 is 2.05 bits per heavy atom. The molecular formula is C13H10N6S. The molecule has 2 heterocycles. The van der Waals surface area contributed by atoms with Gasteiger partial charge in [-0.1, -0.05) is 36.4 Å². The standard InChI is InChI=1S/C13H10N6S/c14-8-10-12(15)18-19-11(16-17-13(19)20-10)7-6-9-4-2-1-3-5-9/h1-7,18H,15H2/b7-6+. The molecule has 1 aromatic carbocycles. The largest absolute Gasteiger partial charge is 0.383 e. The van der Waals surface area contributed by atoms with Crippen LogP contribution in [-0.4, -0.2) is 14.9 Å². The number of allylic oxidation sites excluding steroid dienone is 1. The molecule has 0 unspecified atom stereocenters. The van der Waals surface area contributed by atoms with Gasteiger partial charge < -0.3 is 5.73 Å². The van der Waals surface area contributed by atoms with Crippen molar-refractivity contribution in [1.82, 2.24) is 14.9 Å². The highest BCUT2D eigenvalue weighted by Crippen LogP contribution is 2.29. The smallest absolute Gasteiger partial charge is 0.216 e. The molecular weight excluding hydrogens is 272 g/mol. The molecule has 0 atom stereocenters. The maximum absolute atomic E-state index is 8.93. The normalized spacial score (nSPS) is 13.9. The van der Waals surface area contributed by atoms with Gasteiger partial charge in [-0.3, -0.25) is 5.43 Å². The minimum absolute atomic E-state index is 0.305. The number of nitrogens with zero attached hydrogens (tertiary/aromatic N) is 4. The Morgan fingerprint density at radius 1 is 1.25 bits per heavy atom. The molecule has 98 valence electrons. The van der Waals surface area contributed by atoms with E-state index in [1.54, 1.807) is 4.68 Å². The summed E-state index contributed by atoms with van der Waals surface area (Å²) in [5.41, 5.74) is 9.73. The molecule has 1 aromatic heterocycles. The Bertz CT molecular complexity index is 738. The number of fused-ring (bicyclic) bond motifs is 1. The van der Waals surface area contributed by atoms with Crippen LogP contribution in [0, 0.1) is 11.3 Å². The van der Waals surface area contributed by atoms with Gasteiger partial charge in [-0.15, -0.1) is 10.2 Å². The third kappa shape index (κ3) is 2.24. The fraction of sp³-hybridized carbons (Fsp3) is 0. The molecule has 1 aliphatic rings. The zero-order valence-corrected chi connectivity index (χ0v) is 11.1. The van der Waals surface area contributed by atoms with Crippen molar-refractivity contribution in [3.63, 3.8) is 0 Å². The van der Waals surface area contributed by atoms with Crippen LogP contribution in [0.15, 0.2) is 46.2 Å². The molecule has 0 saturated carbocycles. The summed E-state index contributed by atoms with van der Waals surface area (Å²) < 4.78 is 1.65. The lowest BCUT2D eigenvalue weighted by molar-refractivity contribution is 0.782. The number of hydrogen-bond acceptors (Lipinski definition) is 6. The van der Waals surface area contributed by atoms with E-state index in [9.17, 15) is 0 Å². The van der Waals surface area contributed by atoms with Crippen molar-refractivity contribution in [3.8, 4) is 6.07 Å². The number of rotatable bonds is 2.